The second-order valence-electron chi connectivity index (χ2n) is 3.63. The SMILES string of the molecule is N#C[C@@H]1CN(c2ccc(F)c(Cl)c2)CC1=O. The molecule has 2 rings (SSSR count). The van der Waals surface area contributed by atoms with Gasteiger partial charge in [-0.25, -0.2) is 4.39 Å². The number of Topliss-reactive ketones (excluding diaryl/α,β-unsaturated/α-hetero) is 1. The van der Waals surface area contributed by atoms with Gasteiger partial charge >= 0.3 is 0 Å². The Morgan fingerprint density at radius 1 is 1.56 bits per heavy atom. The number of ketones is 1. The van der Waals surface area contributed by atoms with Gasteiger partial charge in [0, 0.05) is 12.2 Å². The summed E-state index contributed by atoms with van der Waals surface area (Å²) in [6.45, 7) is 0.525. The molecule has 1 heterocycles. The Morgan fingerprint density at radius 2 is 2.31 bits per heavy atom. The Morgan fingerprint density at radius 3 is 2.88 bits per heavy atom. The standard InChI is InChI=1S/C11H8ClFN2O/c12-9-3-8(1-2-10(9)13)15-5-7(4-14)11(16)6-15/h1-3,7H,5-6H2/t7-/m1/s1. The predicted molar refractivity (Wildman–Crippen MR) is 57.7 cm³/mol. The van der Waals surface area contributed by atoms with Gasteiger partial charge < -0.3 is 4.90 Å². The molecule has 5 heteroatoms. The third kappa shape index (κ3) is 1.86. The van der Waals surface area contributed by atoms with Crippen molar-refractivity contribution in [1.82, 2.24) is 0 Å². The molecule has 1 aromatic carbocycles. The van der Waals surface area contributed by atoms with E-state index in [1.54, 1.807) is 11.0 Å². The molecule has 0 N–H and O–H groups in total. The van der Waals surface area contributed by atoms with Gasteiger partial charge in [0.05, 0.1) is 17.6 Å². The summed E-state index contributed by atoms with van der Waals surface area (Å²) in [6, 6.07) is 6.21. The Kier molecular flexibility index (Phi) is 2.80. The maximum Gasteiger partial charge on any atom is 0.170 e. The van der Waals surface area contributed by atoms with Crippen molar-refractivity contribution >= 4 is 23.1 Å². The molecule has 0 aliphatic carbocycles. The zero-order valence-electron chi connectivity index (χ0n) is 8.28. The molecule has 1 fully saturated rings. The number of carbonyl (C=O) groups excluding carboxylic acids is 1. The molecule has 0 amide bonds. The number of anilines is 1. The highest BCUT2D eigenvalue weighted by Crippen LogP contribution is 2.26. The van der Waals surface area contributed by atoms with E-state index in [9.17, 15) is 9.18 Å². The minimum Gasteiger partial charge on any atom is -0.362 e. The van der Waals surface area contributed by atoms with Crippen molar-refractivity contribution in [2.24, 2.45) is 5.92 Å². The predicted octanol–water partition coefficient (Wildman–Crippen LogP) is 2.01. The number of hydrogen-bond acceptors (Lipinski definition) is 3. The first kappa shape index (κ1) is 10.9. The molecule has 82 valence electrons. The van der Waals surface area contributed by atoms with Crippen molar-refractivity contribution in [3.8, 4) is 6.07 Å². The van der Waals surface area contributed by atoms with E-state index in [0.717, 1.165) is 0 Å². The third-order valence-corrected chi connectivity index (χ3v) is 2.85. The lowest BCUT2D eigenvalue weighted by Gasteiger charge is -2.16. The highest BCUT2D eigenvalue weighted by atomic mass is 35.5. The van der Waals surface area contributed by atoms with Gasteiger partial charge in [-0.1, -0.05) is 11.6 Å². The molecular weight excluding hydrogens is 231 g/mol. The first-order chi connectivity index (χ1) is 7.61. The molecule has 0 unspecified atom stereocenters. The average Bonchev–Trinajstić information content (AvgIpc) is 2.64. The van der Waals surface area contributed by atoms with Crippen molar-refractivity contribution in [3.63, 3.8) is 0 Å². The molecule has 16 heavy (non-hydrogen) atoms. The van der Waals surface area contributed by atoms with E-state index < -0.39 is 11.7 Å². The molecule has 1 atom stereocenters. The molecule has 0 spiro atoms. The quantitative estimate of drug-likeness (QED) is 0.752. The monoisotopic (exact) mass is 238 g/mol. The smallest absolute Gasteiger partial charge is 0.170 e. The van der Waals surface area contributed by atoms with Crippen molar-refractivity contribution in [2.75, 3.05) is 18.0 Å². The van der Waals surface area contributed by atoms with Crippen LogP contribution >= 0.6 is 11.6 Å². The molecule has 3 nitrogen and oxygen atoms in total. The van der Waals surface area contributed by atoms with Crippen LogP contribution in [0, 0.1) is 23.1 Å². The lowest BCUT2D eigenvalue weighted by atomic mass is 10.1. The van der Waals surface area contributed by atoms with Crippen molar-refractivity contribution in [2.45, 2.75) is 0 Å². The van der Waals surface area contributed by atoms with Crippen LogP contribution in [0.4, 0.5) is 10.1 Å². The second kappa shape index (κ2) is 4.11. The van der Waals surface area contributed by atoms with Gasteiger partial charge in [0.15, 0.2) is 5.78 Å². The van der Waals surface area contributed by atoms with E-state index in [4.69, 9.17) is 16.9 Å². The maximum absolute atomic E-state index is 12.9. The van der Waals surface area contributed by atoms with Gasteiger partial charge in [0.2, 0.25) is 0 Å². The summed E-state index contributed by atoms with van der Waals surface area (Å²) in [7, 11) is 0. The van der Waals surface area contributed by atoms with Crippen LogP contribution in [0.25, 0.3) is 0 Å². The van der Waals surface area contributed by atoms with E-state index in [0.29, 0.717) is 12.2 Å². The van der Waals surface area contributed by atoms with Crippen LogP contribution < -0.4 is 4.90 Å². The second-order valence-corrected chi connectivity index (χ2v) is 4.03. The lowest BCUT2D eigenvalue weighted by Crippen LogP contribution is -2.19. The van der Waals surface area contributed by atoms with Gasteiger partial charge in [-0.2, -0.15) is 5.26 Å². The Hall–Kier alpha value is -1.60. The number of nitriles is 1. The van der Waals surface area contributed by atoms with Crippen LogP contribution in [0.1, 0.15) is 0 Å². The van der Waals surface area contributed by atoms with Crippen molar-refractivity contribution < 1.29 is 9.18 Å². The summed E-state index contributed by atoms with van der Waals surface area (Å²) < 4.78 is 12.9. The van der Waals surface area contributed by atoms with Crippen LogP contribution in [0.5, 0.6) is 0 Å². The molecule has 1 saturated heterocycles. The minimum atomic E-state index is -0.594. The molecule has 1 aromatic rings. The lowest BCUT2D eigenvalue weighted by molar-refractivity contribution is -0.118. The molecule has 1 aliphatic rings. The summed E-state index contributed by atoms with van der Waals surface area (Å²) in [5, 5.41) is 8.74. The summed E-state index contributed by atoms with van der Waals surface area (Å²) in [6.07, 6.45) is 0. The normalized spacial score (nSPS) is 19.9. The zero-order chi connectivity index (χ0) is 11.7. The molecule has 1 aliphatic heterocycles. The first-order valence-corrected chi connectivity index (χ1v) is 5.12. The number of carbonyl (C=O) groups is 1. The largest absolute Gasteiger partial charge is 0.362 e. The molecule has 0 radical (unpaired) electrons. The average molecular weight is 239 g/mol. The number of rotatable bonds is 1. The van der Waals surface area contributed by atoms with Crippen LogP contribution in [0.15, 0.2) is 18.2 Å². The van der Waals surface area contributed by atoms with E-state index in [-0.39, 0.29) is 17.4 Å². The van der Waals surface area contributed by atoms with Crippen LogP contribution in [0.2, 0.25) is 5.02 Å². The van der Waals surface area contributed by atoms with Crippen LogP contribution in [-0.2, 0) is 4.79 Å². The van der Waals surface area contributed by atoms with Crippen LogP contribution in [0.3, 0.4) is 0 Å². The number of hydrogen-bond donors (Lipinski definition) is 0. The minimum absolute atomic E-state index is 0.0188. The highest BCUT2D eigenvalue weighted by molar-refractivity contribution is 6.31. The van der Waals surface area contributed by atoms with Crippen LogP contribution in [-0.4, -0.2) is 18.9 Å². The van der Waals surface area contributed by atoms with Gasteiger partial charge in [0.25, 0.3) is 0 Å². The Bertz CT molecular complexity index is 483. The fourth-order valence-electron chi connectivity index (χ4n) is 1.68. The Balaban J connectivity index is 2.24. The Labute approximate surface area is 97.0 Å². The van der Waals surface area contributed by atoms with Gasteiger partial charge in [-0.15, -0.1) is 0 Å². The topological polar surface area (TPSA) is 44.1 Å². The van der Waals surface area contributed by atoms with E-state index >= 15 is 0 Å². The summed E-state index contributed by atoms with van der Waals surface area (Å²) in [5.41, 5.74) is 0.664. The zero-order valence-corrected chi connectivity index (χ0v) is 9.04. The summed E-state index contributed by atoms with van der Waals surface area (Å²) in [4.78, 5) is 13.1. The molecule has 0 saturated carbocycles. The number of nitrogens with zero attached hydrogens (tertiary/aromatic N) is 2. The fraction of sp³-hybridized carbons (Fsp3) is 0.273. The van der Waals surface area contributed by atoms with Gasteiger partial charge in [-0.05, 0) is 18.2 Å². The number of halogens is 2. The summed E-state index contributed by atoms with van der Waals surface area (Å²) in [5.74, 6) is -1.19. The number of benzene rings is 1. The molecule has 0 aromatic heterocycles. The molecular formula is C11H8ClFN2O. The van der Waals surface area contributed by atoms with Crippen molar-refractivity contribution in [1.29, 1.82) is 5.26 Å². The van der Waals surface area contributed by atoms with E-state index in [2.05, 4.69) is 0 Å². The highest BCUT2D eigenvalue weighted by Gasteiger charge is 2.30. The third-order valence-electron chi connectivity index (χ3n) is 2.56. The first-order valence-electron chi connectivity index (χ1n) is 4.74. The molecule has 0 bridgehead atoms. The van der Waals surface area contributed by atoms with Crippen molar-refractivity contribution in [3.05, 3.63) is 29.0 Å². The fourth-order valence-corrected chi connectivity index (χ4v) is 1.85. The van der Waals surface area contributed by atoms with E-state index in [1.807, 2.05) is 6.07 Å². The summed E-state index contributed by atoms with van der Waals surface area (Å²) >= 11 is 5.65. The van der Waals surface area contributed by atoms with Gasteiger partial charge in [-0.3, -0.25) is 4.79 Å². The maximum atomic E-state index is 12.9. The van der Waals surface area contributed by atoms with Gasteiger partial charge in [0.1, 0.15) is 11.7 Å². The van der Waals surface area contributed by atoms with E-state index in [1.165, 1.54) is 12.1 Å².